The number of unbranched alkanes of at least 4 members (excludes halogenated alkanes) is 2. The molecule has 0 aliphatic rings. The molecule has 92 valence electrons. The van der Waals surface area contributed by atoms with Crippen LogP contribution in [0.4, 0.5) is 0 Å². The summed E-state index contributed by atoms with van der Waals surface area (Å²) in [6, 6.07) is 2.07. The van der Waals surface area contributed by atoms with E-state index in [1.54, 1.807) is 0 Å². The molecule has 0 N–H and O–H groups in total. The predicted octanol–water partition coefficient (Wildman–Crippen LogP) is 3.30. The number of nitriles is 1. The first-order chi connectivity index (χ1) is 7.23. The van der Waals surface area contributed by atoms with Crippen molar-refractivity contribution in [1.82, 2.24) is 0 Å². The molecule has 3 nitrogen and oxygen atoms in total. The summed E-state index contributed by atoms with van der Waals surface area (Å²) in [7, 11) is 0. The van der Waals surface area contributed by atoms with Crippen LogP contribution in [0.3, 0.4) is 0 Å². The summed E-state index contributed by atoms with van der Waals surface area (Å²) >= 11 is 0. The van der Waals surface area contributed by atoms with Crippen molar-refractivity contribution >= 4 is 5.97 Å². The highest BCUT2D eigenvalue weighted by Crippen LogP contribution is 2.38. The highest BCUT2D eigenvalue weighted by atomic mass is 16.5. The fourth-order valence-electron chi connectivity index (χ4n) is 0.958. The second kappa shape index (κ2) is 5.89. The summed E-state index contributed by atoms with van der Waals surface area (Å²) in [5.74, 6) is -0.156. The number of hydrogen-bond donors (Lipinski definition) is 0. The number of rotatable bonds is 5. The maximum atomic E-state index is 11.9. The molecule has 0 bridgehead atoms. The molecule has 0 aliphatic carbocycles. The zero-order chi connectivity index (χ0) is 12.8. The van der Waals surface area contributed by atoms with Crippen LogP contribution in [0.15, 0.2) is 0 Å². The van der Waals surface area contributed by atoms with Crippen molar-refractivity contribution in [2.24, 2.45) is 10.8 Å². The van der Waals surface area contributed by atoms with Crippen molar-refractivity contribution in [3.8, 4) is 6.07 Å². The normalized spacial score (nSPS) is 12.0. The van der Waals surface area contributed by atoms with Gasteiger partial charge in [0, 0.05) is 6.42 Å². The molecule has 0 spiro atoms. The molecule has 0 aliphatic heterocycles. The molecular weight excluding hydrogens is 202 g/mol. The van der Waals surface area contributed by atoms with Gasteiger partial charge in [0.1, 0.15) is 0 Å². The summed E-state index contributed by atoms with van der Waals surface area (Å²) < 4.78 is 5.23. The Morgan fingerprint density at radius 1 is 1.19 bits per heavy atom. The van der Waals surface area contributed by atoms with Crippen LogP contribution in [-0.2, 0) is 9.53 Å². The van der Waals surface area contributed by atoms with E-state index in [2.05, 4.69) is 6.07 Å². The van der Waals surface area contributed by atoms with E-state index in [9.17, 15) is 4.79 Å². The fourth-order valence-corrected chi connectivity index (χ4v) is 0.958. The lowest BCUT2D eigenvalue weighted by Gasteiger charge is -2.36. The minimum Gasteiger partial charge on any atom is -0.465 e. The van der Waals surface area contributed by atoms with Crippen LogP contribution in [0.1, 0.15) is 53.9 Å². The third kappa shape index (κ3) is 4.22. The standard InChI is InChI=1S/C13H23NO2/c1-12(2,3)13(4,5)11(15)16-10-8-6-7-9-14/h6-8,10H2,1-5H3. The highest BCUT2D eigenvalue weighted by molar-refractivity contribution is 5.76. The van der Waals surface area contributed by atoms with E-state index in [0.717, 1.165) is 12.8 Å². The van der Waals surface area contributed by atoms with E-state index in [4.69, 9.17) is 10.00 Å². The topological polar surface area (TPSA) is 50.1 Å². The second-order valence-corrected chi connectivity index (χ2v) is 5.63. The molecule has 16 heavy (non-hydrogen) atoms. The van der Waals surface area contributed by atoms with Crippen LogP contribution in [0, 0.1) is 22.2 Å². The van der Waals surface area contributed by atoms with E-state index >= 15 is 0 Å². The van der Waals surface area contributed by atoms with Gasteiger partial charge < -0.3 is 4.74 Å². The molecule has 0 amide bonds. The van der Waals surface area contributed by atoms with Gasteiger partial charge in [-0.3, -0.25) is 4.79 Å². The van der Waals surface area contributed by atoms with Crippen molar-refractivity contribution in [2.75, 3.05) is 6.61 Å². The van der Waals surface area contributed by atoms with Gasteiger partial charge in [0.25, 0.3) is 0 Å². The zero-order valence-electron chi connectivity index (χ0n) is 11.1. The third-order valence-electron chi connectivity index (χ3n) is 3.30. The van der Waals surface area contributed by atoms with Gasteiger partial charge >= 0.3 is 5.97 Å². The van der Waals surface area contributed by atoms with Gasteiger partial charge in [-0.2, -0.15) is 5.26 Å². The van der Waals surface area contributed by atoms with Crippen LogP contribution in [0.2, 0.25) is 0 Å². The average molecular weight is 225 g/mol. The Labute approximate surface area is 98.8 Å². The van der Waals surface area contributed by atoms with Crippen LogP contribution in [0.25, 0.3) is 0 Å². The van der Waals surface area contributed by atoms with Crippen molar-refractivity contribution in [3.63, 3.8) is 0 Å². The number of nitrogens with zero attached hydrogens (tertiary/aromatic N) is 1. The minimum absolute atomic E-state index is 0.114. The van der Waals surface area contributed by atoms with Gasteiger partial charge in [-0.15, -0.1) is 0 Å². The number of hydrogen-bond acceptors (Lipinski definition) is 3. The summed E-state index contributed by atoms with van der Waals surface area (Å²) in [6.07, 6.45) is 2.08. The van der Waals surface area contributed by atoms with Crippen LogP contribution in [0.5, 0.6) is 0 Å². The molecule has 0 unspecified atom stereocenters. The van der Waals surface area contributed by atoms with Crippen molar-refractivity contribution < 1.29 is 9.53 Å². The number of carbonyl (C=O) groups is 1. The monoisotopic (exact) mass is 225 g/mol. The van der Waals surface area contributed by atoms with Gasteiger partial charge in [0.2, 0.25) is 0 Å². The fraction of sp³-hybridized carbons (Fsp3) is 0.846. The molecule has 0 radical (unpaired) electrons. The van der Waals surface area contributed by atoms with Gasteiger partial charge in [-0.25, -0.2) is 0 Å². The quantitative estimate of drug-likeness (QED) is 0.533. The van der Waals surface area contributed by atoms with Crippen LogP contribution in [-0.4, -0.2) is 12.6 Å². The van der Waals surface area contributed by atoms with Crippen LogP contribution < -0.4 is 0 Å². The molecule has 0 fully saturated rings. The maximum absolute atomic E-state index is 11.9. The molecule has 0 saturated heterocycles. The summed E-state index contributed by atoms with van der Waals surface area (Å²) in [5.41, 5.74) is -0.598. The Morgan fingerprint density at radius 2 is 1.75 bits per heavy atom. The van der Waals surface area contributed by atoms with Crippen molar-refractivity contribution in [1.29, 1.82) is 5.26 Å². The molecule has 0 heterocycles. The molecule has 0 rings (SSSR count). The molecule has 0 aromatic heterocycles. The third-order valence-corrected chi connectivity index (χ3v) is 3.30. The molecule has 0 atom stereocenters. The Hall–Kier alpha value is -1.04. The Bertz CT molecular complexity index is 269. The first kappa shape index (κ1) is 15.0. The van der Waals surface area contributed by atoms with Crippen molar-refractivity contribution in [2.45, 2.75) is 53.9 Å². The number of carbonyl (C=O) groups excluding carboxylic acids is 1. The van der Waals surface area contributed by atoms with E-state index < -0.39 is 5.41 Å². The largest absolute Gasteiger partial charge is 0.465 e. The summed E-state index contributed by atoms with van der Waals surface area (Å²) in [4.78, 5) is 11.9. The van der Waals surface area contributed by atoms with E-state index in [1.165, 1.54) is 0 Å². The zero-order valence-corrected chi connectivity index (χ0v) is 11.1. The minimum atomic E-state index is -0.484. The lowest BCUT2D eigenvalue weighted by atomic mass is 9.69. The molecular formula is C13H23NO2. The Morgan fingerprint density at radius 3 is 2.19 bits per heavy atom. The Kier molecular flexibility index (Phi) is 5.50. The van der Waals surface area contributed by atoms with E-state index in [1.807, 2.05) is 34.6 Å². The molecule has 0 saturated carbocycles. The number of ether oxygens (including phenoxy) is 1. The van der Waals surface area contributed by atoms with Crippen molar-refractivity contribution in [3.05, 3.63) is 0 Å². The summed E-state index contributed by atoms with van der Waals surface area (Å²) in [5, 5.41) is 8.35. The molecule has 0 aromatic carbocycles. The van der Waals surface area contributed by atoms with E-state index in [0.29, 0.717) is 13.0 Å². The van der Waals surface area contributed by atoms with Crippen LogP contribution >= 0.6 is 0 Å². The first-order valence-corrected chi connectivity index (χ1v) is 5.77. The predicted molar refractivity (Wildman–Crippen MR) is 63.7 cm³/mol. The van der Waals surface area contributed by atoms with Gasteiger partial charge in [-0.05, 0) is 32.1 Å². The summed E-state index contributed by atoms with van der Waals surface area (Å²) in [6.45, 7) is 10.3. The average Bonchev–Trinajstić information content (AvgIpc) is 2.15. The number of esters is 1. The SMILES string of the molecule is CC(C)(C)C(C)(C)C(=O)OCCCCC#N. The van der Waals surface area contributed by atoms with E-state index in [-0.39, 0.29) is 11.4 Å². The first-order valence-electron chi connectivity index (χ1n) is 5.77. The van der Waals surface area contributed by atoms with Gasteiger partial charge in [0.15, 0.2) is 0 Å². The van der Waals surface area contributed by atoms with Gasteiger partial charge in [-0.1, -0.05) is 20.8 Å². The maximum Gasteiger partial charge on any atom is 0.312 e. The molecule has 3 heteroatoms. The van der Waals surface area contributed by atoms with Gasteiger partial charge in [0.05, 0.1) is 18.1 Å². The molecule has 0 aromatic rings. The smallest absolute Gasteiger partial charge is 0.312 e. The lowest BCUT2D eigenvalue weighted by Crippen LogP contribution is -2.39. The Balaban J connectivity index is 4.03. The second-order valence-electron chi connectivity index (χ2n) is 5.63. The lowest BCUT2D eigenvalue weighted by molar-refractivity contribution is -0.160. The highest BCUT2D eigenvalue weighted by Gasteiger charge is 2.40.